The quantitative estimate of drug-likeness (QED) is 0.788. The molecule has 0 spiro atoms. The van der Waals surface area contributed by atoms with E-state index in [1.54, 1.807) is 0 Å². The summed E-state index contributed by atoms with van der Waals surface area (Å²) in [6.45, 7) is -0.262. The number of fused-ring (bicyclic) bond motifs is 1. The second kappa shape index (κ2) is 7.58. The van der Waals surface area contributed by atoms with Gasteiger partial charge in [-0.15, -0.1) is 23.1 Å². The smallest absolute Gasteiger partial charge is 0.252 e. The van der Waals surface area contributed by atoms with Crippen LogP contribution in [-0.4, -0.2) is 50.9 Å². The average Bonchev–Trinajstić information content (AvgIpc) is 3.05. The zero-order valence-electron chi connectivity index (χ0n) is 14.4. The number of benzene rings is 1. The van der Waals surface area contributed by atoms with Gasteiger partial charge in [0.25, 0.3) is 10.0 Å². The molecular formula is C16H16FN3O4S3. The molecule has 0 aliphatic carbocycles. The van der Waals surface area contributed by atoms with Crippen molar-refractivity contribution < 1.29 is 22.4 Å². The Morgan fingerprint density at radius 3 is 2.59 bits per heavy atom. The van der Waals surface area contributed by atoms with Crippen molar-refractivity contribution in [2.75, 3.05) is 36.6 Å². The molecule has 144 valence electrons. The molecule has 1 aromatic carbocycles. The number of sulfonamides is 1. The van der Waals surface area contributed by atoms with Crippen LogP contribution < -0.4 is 10.2 Å². The Morgan fingerprint density at radius 2 is 1.96 bits per heavy atom. The Morgan fingerprint density at radius 1 is 1.30 bits per heavy atom. The highest BCUT2D eigenvalue weighted by molar-refractivity contribution is 8.02. The van der Waals surface area contributed by atoms with Gasteiger partial charge in [0.05, 0.1) is 15.6 Å². The number of hydrogen-bond acceptors (Lipinski definition) is 6. The molecule has 1 aromatic heterocycles. The van der Waals surface area contributed by atoms with E-state index in [0.717, 1.165) is 15.6 Å². The third-order valence-corrected chi connectivity index (χ3v) is 8.39. The molecule has 0 saturated heterocycles. The predicted molar refractivity (Wildman–Crippen MR) is 103 cm³/mol. The van der Waals surface area contributed by atoms with Gasteiger partial charge in [-0.25, -0.2) is 17.1 Å². The van der Waals surface area contributed by atoms with Crippen molar-refractivity contribution in [3.63, 3.8) is 0 Å². The number of thiophene rings is 1. The maximum Gasteiger partial charge on any atom is 0.252 e. The first kappa shape index (κ1) is 19.8. The summed E-state index contributed by atoms with van der Waals surface area (Å²) in [7, 11) is -0.767. The summed E-state index contributed by atoms with van der Waals surface area (Å²) in [6.07, 6.45) is 0. The van der Waals surface area contributed by atoms with Gasteiger partial charge in [0.15, 0.2) is 0 Å². The Bertz CT molecular complexity index is 987. The van der Waals surface area contributed by atoms with Crippen molar-refractivity contribution in [2.45, 2.75) is 8.42 Å². The topological polar surface area (TPSA) is 86.8 Å². The van der Waals surface area contributed by atoms with Gasteiger partial charge in [-0.05, 0) is 30.3 Å². The fourth-order valence-corrected chi connectivity index (χ4v) is 6.27. The van der Waals surface area contributed by atoms with Crippen LogP contribution >= 0.6 is 23.1 Å². The van der Waals surface area contributed by atoms with Crippen LogP contribution in [0.15, 0.2) is 38.8 Å². The van der Waals surface area contributed by atoms with Crippen LogP contribution in [0.4, 0.5) is 15.8 Å². The van der Waals surface area contributed by atoms with E-state index < -0.39 is 21.7 Å². The lowest BCUT2D eigenvalue weighted by Crippen LogP contribution is -2.40. The molecule has 0 fully saturated rings. The molecule has 3 rings (SSSR count). The number of amides is 2. The average molecular weight is 430 g/mol. The van der Waals surface area contributed by atoms with E-state index in [9.17, 15) is 22.4 Å². The predicted octanol–water partition coefficient (Wildman–Crippen LogP) is 2.21. The minimum absolute atomic E-state index is 0.114. The standard InChI is InChI=1S/C16H16FN3O4S3/c1-19(2)27(23,24)15-7-12-16(26-15)25-9-14(22)20(12)8-13(21)18-11-5-3-10(17)4-6-11/h3-7H,8-9H2,1-2H3,(H,18,21). The van der Waals surface area contributed by atoms with Gasteiger partial charge in [-0.3, -0.25) is 9.59 Å². The summed E-state index contributed by atoms with van der Waals surface area (Å²) in [4.78, 5) is 25.9. The lowest BCUT2D eigenvalue weighted by Gasteiger charge is -2.25. The lowest BCUT2D eigenvalue weighted by atomic mass is 10.3. The van der Waals surface area contributed by atoms with Gasteiger partial charge in [-0.1, -0.05) is 0 Å². The summed E-state index contributed by atoms with van der Waals surface area (Å²) in [5, 5.41) is 2.59. The van der Waals surface area contributed by atoms with Gasteiger partial charge in [0, 0.05) is 19.8 Å². The monoisotopic (exact) mass is 429 g/mol. The number of hydrogen-bond donors (Lipinski definition) is 1. The molecule has 1 aliphatic rings. The number of rotatable bonds is 5. The van der Waals surface area contributed by atoms with Gasteiger partial charge >= 0.3 is 0 Å². The number of thioether (sulfide) groups is 1. The van der Waals surface area contributed by atoms with Gasteiger partial charge in [0.2, 0.25) is 11.8 Å². The number of anilines is 2. The molecule has 0 bridgehead atoms. The molecule has 0 unspecified atom stereocenters. The molecule has 11 heteroatoms. The first-order valence-electron chi connectivity index (χ1n) is 7.73. The van der Waals surface area contributed by atoms with Gasteiger partial charge in [-0.2, -0.15) is 0 Å². The van der Waals surface area contributed by atoms with Crippen LogP contribution in [0, 0.1) is 5.82 Å². The first-order chi connectivity index (χ1) is 12.7. The van der Waals surface area contributed by atoms with E-state index in [4.69, 9.17) is 0 Å². The molecular weight excluding hydrogens is 413 g/mol. The molecule has 1 N–H and O–H groups in total. The Labute approximate surface area is 164 Å². The number of halogens is 1. The van der Waals surface area contributed by atoms with E-state index in [1.165, 1.54) is 61.1 Å². The third-order valence-electron chi connectivity index (χ3n) is 3.74. The molecule has 1 aliphatic heterocycles. The van der Waals surface area contributed by atoms with E-state index in [1.807, 2.05) is 0 Å². The summed E-state index contributed by atoms with van der Waals surface area (Å²) in [6, 6.07) is 6.68. The van der Waals surface area contributed by atoms with Crippen molar-refractivity contribution in [3.05, 3.63) is 36.1 Å². The molecule has 27 heavy (non-hydrogen) atoms. The van der Waals surface area contributed by atoms with E-state index >= 15 is 0 Å². The van der Waals surface area contributed by atoms with Crippen LogP contribution in [0.5, 0.6) is 0 Å². The highest BCUT2D eigenvalue weighted by Crippen LogP contribution is 2.43. The summed E-state index contributed by atoms with van der Waals surface area (Å²) < 4.78 is 39.5. The highest BCUT2D eigenvalue weighted by atomic mass is 32.3. The van der Waals surface area contributed by atoms with E-state index in [2.05, 4.69) is 5.32 Å². The van der Waals surface area contributed by atoms with Crippen LogP contribution in [0.3, 0.4) is 0 Å². The molecule has 2 amide bonds. The molecule has 2 aromatic rings. The summed E-state index contributed by atoms with van der Waals surface area (Å²) >= 11 is 2.33. The zero-order valence-corrected chi connectivity index (χ0v) is 16.9. The highest BCUT2D eigenvalue weighted by Gasteiger charge is 2.32. The van der Waals surface area contributed by atoms with Gasteiger partial charge in [0.1, 0.15) is 16.6 Å². The molecule has 0 saturated carbocycles. The number of carbonyl (C=O) groups is 2. The van der Waals surface area contributed by atoms with Crippen LogP contribution in [0.25, 0.3) is 0 Å². The lowest BCUT2D eigenvalue weighted by molar-refractivity contribution is -0.120. The van der Waals surface area contributed by atoms with Crippen LogP contribution in [0.2, 0.25) is 0 Å². The minimum atomic E-state index is -3.63. The van der Waals surface area contributed by atoms with Crippen LogP contribution in [0.1, 0.15) is 0 Å². The van der Waals surface area contributed by atoms with Crippen molar-refractivity contribution in [1.29, 1.82) is 0 Å². The Hall–Kier alpha value is -1.95. The number of nitrogens with one attached hydrogen (secondary N) is 1. The maximum atomic E-state index is 12.9. The first-order valence-corrected chi connectivity index (χ1v) is 11.0. The fraction of sp³-hybridized carbons (Fsp3) is 0.250. The summed E-state index contributed by atoms with van der Waals surface area (Å²) in [5.74, 6) is -1.04. The molecule has 7 nitrogen and oxygen atoms in total. The second-order valence-corrected chi connectivity index (χ2v) is 10.5. The maximum absolute atomic E-state index is 12.9. The van der Waals surface area contributed by atoms with E-state index in [-0.39, 0.29) is 22.4 Å². The summed E-state index contributed by atoms with van der Waals surface area (Å²) in [5.41, 5.74) is 0.817. The largest absolute Gasteiger partial charge is 0.325 e. The Balaban J connectivity index is 1.82. The second-order valence-electron chi connectivity index (χ2n) is 5.85. The number of nitrogens with zero attached hydrogens (tertiary/aromatic N) is 2. The Kier molecular flexibility index (Phi) is 5.56. The third kappa shape index (κ3) is 4.15. The van der Waals surface area contributed by atoms with Crippen LogP contribution in [-0.2, 0) is 19.6 Å². The van der Waals surface area contributed by atoms with Crippen molar-refractivity contribution in [2.24, 2.45) is 0 Å². The molecule has 0 atom stereocenters. The SMILES string of the molecule is CN(C)S(=O)(=O)c1cc2c(s1)SCC(=O)N2CC(=O)Nc1ccc(F)cc1. The van der Waals surface area contributed by atoms with E-state index in [0.29, 0.717) is 15.6 Å². The fourth-order valence-electron chi connectivity index (χ4n) is 2.33. The number of carbonyl (C=O) groups excluding carboxylic acids is 2. The molecule has 2 heterocycles. The zero-order chi connectivity index (χ0) is 19.8. The van der Waals surface area contributed by atoms with Gasteiger partial charge < -0.3 is 10.2 Å². The van der Waals surface area contributed by atoms with Crippen molar-refractivity contribution in [1.82, 2.24) is 4.31 Å². The minimum Gasteiger partial charge on any atom is -0.325 e. The molecule has 0 radical (unpaired) electrons. The van der Waals surface area contributed by atoms with Crippen molar-refractivity contribution in [3.8, 4) is 0 Å². The van der Waals surface area contributed by atoms with Crippen molar-refractivity contribution >= 4 is 56.3 Å². The normalized spacial score (nSPS) is 14.4.